The number of anilines is 1. The van der Waals surface area contributed by atoms with Crippen molar-refractivity contribution < 1.29 is 0 Å². The number of hydrazone groups is 1. The van der Waals surface area contributed by atoms with Gasteiger partial charge in [-0.2, -0.15) is 5.10 Å². The summed E-state index contributed by atoms with van der Waals surface area (Å²) in [5.74, 6) is 0.602. The lowest BCUT2D eigenvalue weighted by atomic mass is 9.71. The van der Waals surface area contributed by atoms with Crippen molar-refractivity contribution in [1.82, 2.24) is 4.98 Å². The van der Waals surface area contributed by atoms with E-state index >= 15 is 0 Å². The molecule has 2 aromatic rings. The van der Waals surface area contributed by atoms with E-state index in [2.05, 4.69) is 36.6 Å². The number of nitrogens with zero attached hydrogens (tertiary/aromatic N) is 2. The maximum absolute atomic E-state index is 5.94. The number of fused-ring (bicyclic) bond motifs is 2. The van der Waals surface area contributed by atoms with Gasteiger partial charge in [-0.25, -0.2) is 4.98 Å². The van der Waals surface area contributed by atoms with Crippen molar-refractivity contribution in [1.29, 1.82) is 0 Å². The van der Waals surface area contributed by atoms with Crippen LogP contribution in [-0.4, -0.2) is 10.7 Å². The van der Waals surface area contributed by atoms with Crippen LogP contribution in [0.1, 0.15) is 40.0 Å². The van der Waals surface area contributed by atoms with Gasteiger partial charge >= 0.3 is 0 Å². The van der Waals surface area contributed by atoms with Crippen LogP contribution in [0, 0.1) is 16.7 Å². The Balaban J connectivity index is 1.51. The van der Waals surface area contributed by atoms with Gasteiger partial charge in [-0.05, 0) is 42.2 Å². The van der Waals surface area contributed by atoms with Crippen LogP contribution in [0.2, 0.25) is 5.02 Å². The molecule has 2 aliphatic carbocycles. The fraction of sp³-hybridized carbons (Fsp3) is 0.474. The Morgan fingerprint density at radius 3 is 2.62 bits per heavy atom. The van der Waals surface area contributed by atoms with E-state index in [1.54, 1.807) is 11.3 Å². The first-order chi connectivity index (χ1) is 11.4. The third kappa shape index (κ3) is 2.47. The van der Waals surface area contributed by atoms with Crippen LogP contribution in [0.3, 0.4) is 0 Å². The number of hydrogen-bond acceptors (Lipinski definition) is 4. The molecule has 0 radical (unpaired) electrons. The fourth-order valence-electron chi connectivity index (χ4n) is 4.30. The van der Waals surface area contributed by atoms with Gasteiger partial charge in [0.05, 0.1) is 5.69 Å². The summed E-state index contributed by atoms with van der Waals surface area (Å²) >= 11 is 7.53. The Morgan fingerprint density at radius 2 is 2.00 bits per heavy atom. The molecule has 2 bridgehead atoms. The highest BCUT2D eigenvalue weighted by molar-refractivity contribution is 7.14. The van der Waals surface area contributed by atoms with Crippen LogP contribution in [0.4, 0.5) is 5.13 Å². The lowest BCUT2D eigenvalue weighted by molar-refractivity contribution is 0.152. The van der Waals surface area contributed by atoms with E-state index in [0.29, 0.717) is 16.7 Å². The quantitative estimate of drug-likeness (QED) is 0.674. The molecular formula is C19H22ClN3S. The van der Waals surface area contributed by atoms with Crippen molar-refractivity contribution in [3.63, 3.8) is 0 Å². The first kappa shape index (κ1) is 16.1. The number of rotatable bonds is 3. The fourth-order valence-corrected chi connectivity index (χ4v) is 5.09. The van der Waals surface area contributed by atoms with Gasteiger partial charge in [0.2, 0.25) is 5.13 Å². The molecule has 2 atom stereocenters. The molecular weight excluding hydrogens is 338 g/mol. The van der Waals surface area contributed by atoms with Crippen LogP contribution in [0.15, 0.2) is 34.7 Å². The minimum Gasteiger partial charge on any atom is -0.253 e. The molecule has 0 saturated heterocycles. The molecule has 2 aliphatic rings. The van der Waals surface area contributed by atoms with E-state index in [1.807, 2.05) is 24.3 Å². The largest absolute Gasteiger partial charge is 0.253 e. The predicted octanol–water partition coefficient (Wildman–Crippen LogP) is 6.08. The molecule has 24 heavy (non-hydrogen) atoms. The van der Waals surface area contributed by atoms with Crippen LogP contribution in [0.5, 0.6) is 0 Å². The normalized spacial score (nSPS) is 29.3. The maximum atomic E-state index is 5.94. The average Bonchev–Trinajstić information content (AvgIpc) is 3.15. The molecule has 1 N–H and O–H groups in total. The zero-order chi connectivity index (χ0) is 16.9. The Hall–Kier alpha value is -1.39. The molecule has 5 heteroatoms. The van der Waals surface area contributed by atoms with Crippen molar-refractivity contribution >= 4 is 33.8 Å². The van der Waals surface area contributed by atoms with Crippen LogP contribution in [-0.2, 0) is 0 Å². The lowest BCUT2D eigenvalue weighted by Gasteiger charge is -2.33. The summed E-state index contributed by atoms with van der Waals surface area (Å²) in [4.78, 5) is 4.64. The number of benzene rings is 1. The summed E-state index contributed by atoms with van der Waals surface area (Å²) in [6.45, 7) is 7.21. The minimum atomic E-state index is 0.352. The predicted molar refractivity (Wildman–Crippen MR) is 103 cm³/mol. The molecule has 1 aromatic heterocycles. The number of thiazole rings is 1. The Morgan fingerprint density at radius 1 is 1.25 bits per heavy atom. The second-order valence-electron chi connectivity index (χ2n) is 7.81. The van der Waals surface area contributed by atoms with E-state index < -0.39 is 0 Å². The van der Waals surface area contributed by atoms with Crippen LogP contribution >= 0.6 is 22.9 Å². The van der Waals surface area contributed by atoms with Gasteiger partial charge in [0.25, 0.3) is 0 Å². The van der Waals surface area contributed by atoms with Gasteiger partial charge in [0.15, 0.2) is 0 Å². The summed E-state index contributed by atoms with van der Waals surface area (Å²) in [5.41, 5.74) is 7.30. The molecule has 2 fully saturated rings. The first-order valence-electron chi connectivity index (χ1n) is 8.43. The molecule has 0 spiro atoms. The molecule has 1 heterocycles. The summed E-state index contributed by atoms with van der Waals surface area (Å²) in [7, 11) is 0. The van der Waals surface area contributed by atoms with Crippen molar-refractivity contribution in [3.05, 3.63) is 34.7 Å². The van der Waals surface area contributed by atoms with E-state index in [0.717, 1.165) is 27.8 Å². The lowest BCUT2D eigenvalue weighted by Crippen LogP contribution is -2.26. The highest BCUT2D eigenvalue weighted by Gasteiger charge is 2.59. The number of aromatic nitrogens is 1. The van der Waals surface area contributed by atoms with E-state index in [-0.39, 0.29) is 0 Å². The molecule has 4 rings (SSSR count). The van der Waals surface area contributed by atoms with Crippen LogP contribution < -0.4 is 5.43 Å². The average molecular weight is 360 g/mol. The molecule has 3 nitrogen and oxygen atoms in total. The van der Waals surface area contributed by atoms with Crippen molar-refractivity contribution in [2.75, 3.05) is 5.43 Å². The highest BCUT2D eigenvalue weighted by Crippen LogP contribution is 2.64. The SMILES string of the molecule is CC1(C)[C@@H]2CC[C@]1(C)C/C2=N/Nc1nc(-c2ccc(Cl)cc2)cs1. The first-order valence-corrected chi connectivity index (χ1v) is 9.69. The maximum Gasteiger partial charge on any atom is 0.203 e. The minimum absolute atomic E-state index is 0.352. The third-order valence-corrected chi connectivity index (χ3v) is 7.32. The van der Waals surface area contributed by atoms with Gasteiger partial charge in [0, 0.05) is 27.6 Å². The summed E-state index contributed by atoms with van der Waals surface area (Å²) in [5, 5.41) is 8.37. The monoisotopic (exact) mass is 359 g/mol. The van der Waals surface area contributed by atoms with E-state index in [9.17, 15) is 0 Å². The van der Waals surface area contributed by atoms with Crippen molar-refractivity contribution in [2.45, 2.75) is 40.0 Å². The van der Waals surface area contributed by atoms with Gasteiger partial charge in [-0.3, -0.25) is 5.43 Å². The second-order valence-corrected chi connectivity index (χ2v) is 9.10. The standard InChI is InChI=1S/C19H22ClN3S/c1-18(2)14-8-9-19(18,3)10-15(14)22-23-17-21-16(11-24-17)12-4-6-13(20)7-5-12/h4-7,11,14H,8-10H2,1-3H3,(H,21,23)/b22-15-/t14-,19-/m1/s1. The van der Waals surface area contributed by atoms with E-state index in [1.165, 1.54) is 18.6 Å². The third-order valence-electron chi connectivity index (χ3n) is 6.32. The van der Waals surface area contributed by atoms with Gasteiger partial charge in [0.1, 0.15) is 0 Å². The summed E-state index contributed by atoms with van der Waals surface area (Å²) < 4.78 is 0. The van der Waals surface area contributed by atoms with Gasteiger partial charge < -0.3 is 0 Å². The van der Waals surface area contributed by atoms with Crippen molar-refractivity contribution in [3.8, 4) is 11.3 Å². The highest BCUT2D eigenvalue weighted by atomic mass is 35.5. The van der Waals surface area contributed by atoms with Gasteiger partial charge in [-0.1, -0.05) is 44.5 Å². The molecule has 1 aromatic carbocycles. The topological polar surface area (TPSA) is 37.3 Å². The Bertz CT molecular complexity index is 790. The smallest absolute Gasteiger partial charge is 0.203 e. The van der Waals surface area contributed by atoms with E-state index in [4.69, 9.17) is 16.7 Å². The summed E-state index contributed by atoms with van der Waals surface area (Å²) in [6.07, 6.45) is 3.69. The molecule has 0 aliphatic heterocycles. The number of halogens is 1. The Labute approximate surface area is 152 Å². The van der Waals surface area contributed by atoms with Gasteiger partial charge in [-0.15, -0.1) is 11.3 Å². The number of nitrogens with one attached hydrogen (secondary N) is 1. The zero-order valence-corrected chi connectivity index (χ0v) is 15.8. The molecule has 0 unspecified atom stereocenters. The molecule has 0 amide bonds. The number of hydrogen-bond donors (Lipinski definition) is 1. The summed E-state index contributed by atoms with van der Waals surface area (Å²) in [6, 6.07) is 7.77. The molecule has 2 saturated carbocycles. The van der Waals surface area contributed by atoms with Crippen molar-refractivity contribution in [2.24, 2.45) is 21.8 Å². The van der Waals surface area contributed by atoms with Crippen LogP contribution in [0.25, 0.3) is 11.3 Å². The zero-order valence-electron chi connectivity index (χ0n) is 14.3. The Kier molecular flexibility index (Phi) is 3.73. The molecule has 126 valence electrons. The second kappa shape index (κ2) is 5.57.